The molecule has 0 aliphatic heterocycles. The smallest absolute Gasteiger partial charge is 0.224 e. The maximum Gasteiger partial charge on any atom is 0.224 e. The first kappa shape index (κ1) is 12.9. The summed E-state index contributed by atoms with van der Waals surface area (Å²) in [7, 11) is 0. The predicted molar refractivity (Wildman–Crippen MR) is 84.3 cm³/mol. The van der Waals surface area contributed by atoms with Crippen LogP contribution in [-0.4, -0.2) is 5.91 Å². The lowest BCUT2D eigenvalue weighted by Gasteiger charge is -2.39. The standard InChI is InChI=1S/C19H21NO/c20-19(21)17-7-3-6-14-10-15-8-12-4-1-2-5-13(12)9-16(15)11-18(14)17/h1-2,4-5,9,11,14-15,17H,3,6-8,10H2,(H2,20,21). The van der Waals surface area contributed by atoms with Crippen molar-refractivity contribution in [1.82, 2.24) is 0 Å². The molecule has 0 heterocycles. The minimum absolute atomic E-state index is 0.0252. The molecular formula is C19H21NO. The first-order chi connectivity index (χ1) is 10.2. The quantitative estimate of drug-likeness (QED) is 0.840. The third kappa shape index (κ3) is 2.14. The summed E-state index contributed by atoms with van der Waals surface area (Å²) in [6, 6.07) is 8.66. The molecule has 2 N–H and O–H groups in total. The zero-order valence-corrected chi connectivity index (χ0v) is 12.2. The highest BCUT2D eigenvalue weighted by atomic mass is 16.1. The van der Waals surface area contributed by atoms with Gasteiger partial charge in [0, 0.05) is 0 Å². The lowest BCUT2D eigenvalue weighted by molar-refractivity contribution is -0.121. The van der Waals surface area contributed by atoms with Crippen molar-refractivity contribution in [3.05, 3.63) is 52.6 Å². The van der Waals surface area contributed by atoms with Crippen molar-refractivity contribution in [3.8, 4) is 0 Å². The first-order valence-corrected chi connectivity index (χ1v) is 8.02. The van der Waals surface area contributed by atoms with Crippen molar-refractivity contribution in [2.24, 2.45) is 23.5 Å². The SMILES string of the molecule is NC(=O)C1CCCC2CC3Cc4ccccc4C=C3C=C21. The second-order valence-electron chi connectivity index (χ2n) is 6.71. The van der Waals surface area contributed by atoms with Crippen LogP contribution in [0.4, 0.5) is 0 Å². The third-order valence-corrected chi connectivity index (χ3v) is 5.48. The van der Waals surface area contributed by atoms with Crippen LogP contribution < -0.4 is 5.73 Å². The number of rotatable bonds is 1. The van der Waals surface area contributed by atoms with E-state index in [-0.39, 0.29) is 11.8 Å². The van der Waals surface area contributed by atoms with E-state index in [4.69, 9.17) is 5.73 Å². The number of benzene rings is 1. The Morgan fingerprint density at radius 3 is 2.81 bits per heavy atom. The second kappa shape index (κ2) is 4.87. The Hall–Kier alpha value is -1.83. The van der Waals surface area contributed by atoms with Crippen LogP contribution in [0.3, 0.4) is 0 Å². The van der Waals surface area contributed by atoms with Gasteiger partial charge in [0.05, 0.1) is 5.92 Å². The average Bonchev–Trinajstić information content (AvgIpc) is 2.50. The molecule has 2 nitrogen and oxygen atoms in total. The van der Waals surface area contributed by atoms with E-state index in [1.165, 1.54) is 35.1 Å². The van der Waals surface area contributed by atoms with Crippen LogP contribution in [0.5, 0.6) is 0 Å². The molecule has 3 atom stereocenters. The van der Waals surface area contributed by atoms with Gasteiger partial charge >= 0.3 is 0 Å². The maximum atomic E-state index is 11.7. The van der Waals surface area contributed by atoms with Crippen molar-refractivity contribution in [2.75, 3.05) is 0 Å². The van der Waals surface area contributed by atoms with Crippen molar-refractivity contribution >= 4 is 12.0 Å². The summed E-state index contributed by atoms with van der Waals surface area (Å²) in [6.07, 6.45) is 10.3. The first-order valence-electron chi connectivity index (χ1n) is 8.02. The van der Waals surface area contributed by atoms with Gasteiger partial charge in [0.1, 0.15) is 0 Å². The number of nitrogens with two attached hydrogens (primary N) is 1. The molecule has 0 aromatic heterocycles. The Morgan fingerprint density at radius 2 is 1.95 bits per heavy atom. The fourth-order valence-corrected chi connectivity index (χ4v) is 4.42. The average molecular weight is 279 g/mol. The fourth-order valence-electron chi connectivity index (χ4n) is 4.42. The number of fused-ring (bicyclic) bond motifs is 3. The summed E-state index contributed by atoms with van der Waals surface area (Å²) < 4.78 is 0. The van der Waals surface area contributed by atoms with E-state index in [9.17, 15) is 4.79 Å². The van der Waals surface area contributed by atoms with Gasteiger partial charge < -0.3 is 5.73 Å². The van der Waals surface area contributed by atoms with E-state index in [0.29, 0.717) is 11.8 Å². The second-order valence-corrected chi connectivity index (χ2v) is 6.71. The van der Waals surface area contributed by atoms with Crippen LogP contribution in [0.15, 0.2) is 41.5 Å². The Morgan fingerprint density at radius 1 is 1.10 bits per heavy atom. The van der Waals surface area contributed by atoms with Gasteiger partial charge in [0.15, 0.2) is 0 Å². The molecule has 1 aromatic carbocycles. The van der Waals surface area contributed by atoms with Crippen LogP contribution in [0.2, 0.25) is 0 Å². The van der Waals surface area contributed by atoms with Crippen LogP contribution >= 0.6 is 0 Å². The minimum atomic E-state index is -0.138. The number of primary amides is 1. The summed E-state index contributed by atoms with van der Waals surface area (Å²) in [5.41, 5.74) is 11.1. The number of carbonyl (C=O) groups excluding carboxylic acids is 1. The van der Waals surface area contributed by atoms with Gasteiger partial charge in [-0.1, -0.05) is 48.4 Å². The number of hydrogen-bond acceptors (Lipinski definition) is 1. The van der Waals surface area contributed by atoms with E-state index in [1.807, 2.05) is 0 Å². The molecule has 0 spiro atoms. The van der Waals surface area contributed by atoms with Crippen LogP contribution in [-0.2, 0) is 11.2 Å². The van der Waals surface area contributed by atoms with Crippen LogP contribution in [0.25, 0.3) is 6.08 Å². The molecule has 0 saturated heterocycles. The molecule has 21 heavy (non-hydrogen) atoms. The molecule has 3 aliphatic carbocycles. The highest BCUT2D eigenvalue weighted by Crippen LogP contribution is 2.46. The highest BCUT2D eigenvalue weighted by molar-refractivity contribution is 5.80. The van der Waals surface area contributed by atoms with E-state index >= 15 is 0 Å². The number of hydrogen-bond donors (Lipinski definition) is 1. The topological polar surface area (TPSA) is 43.1 Å². The van der Waals surface area contributed by atoms with Crippen molar-refractivity contribution in [3.63, 3.8) is 0 Å². The zero-order valence-electron chi connectivity index (χ0n) is 12.2. The van der Waals surface area contributed by atoms with Crippen LogP contribution in [0.1, 0.15) is 36.8 Å². The summed E-state index contributed by atoms with van der Waals surface area (Å²) in [4.78, 5) is 11.7. The van der Waals surface area contributed by atoms with Gasteiger partial charge in [-0.05, 0) is 54.2 Å². The van der Waals surface area contributed by atoms with Crippen molar-refractivity contribution in [2.45, 2.75) is 32.1 Å². The van der Waals surface area contributed by atoms with Gasteiger partial charge in [-0.3, -0.25) is 4.79 Å². The molecular weight excluding hydrogens is 258 g/mol. The Labute approximate surface area is 125 Å². The molecule has 1 amide bonds. The highest BCUT2D eigenvalue weighted by Gasteiger charge is 2.37. The largest absolute Gasteiger partial charge is 0.369 e. The van der Waals surface area contributed by atoms with Crippen molar-refractivity contribution in [1.29, 1.82) is 0 Å². The van der Waals surface area contributed by atoms with Gasteiger partial charge in [-0.15, -0.1) is 0 Å². The molecule has 1 saturated carbocycles. The molecule has 0 radical (unpaired) electrons. The minimum Gasteiger partial charge on any atom is -0.369 e. The number of carbonyl (C=O) groups is 1. The number of amides is 1. The van der Waals surface area contributed by atoms with Crippen LogP contribution in [0, 0.1) is 17.8 Å². The summed E-state index contributed by atoms with van der Waals surface area (Å²) >= 11 is 0. The van der Waals surface area contributed by atoms with E-state index < -0.39 is 0 Å². The Kier molecular flexibility index (Phi) is 2.99. The molecule has 0 bridgehead atoms. The number of allylic oxidation sites excluding steroid dienone is 2. The summed E-state index contributed by atoms with van der Waals surface area (Å²) in [6.45, 7) is 0. The zero-order chi connectivity index (χ0) is 14.4. The third-order valence-electron chi connectivity index (χ3n) is 5.48. The van der Waals surface area contributed by atoms with Gasteiger partial charge in [0.2, 0.25) is 5.91 Å². The molecule has 1 aromatic rings. The normalized spacial score (nSPS) is 30.4. The lowest BCUT2D eigenvalue weighted by atomic mass is 9.65. The fraction of sp³-hybridized carbons (Fsp3) is 0.421. The summed E-state index contributed by atoms with van der Waals surface area (Å²) in [5.74, 6) is 1.04. The monoisotopic (exact) mass is 279 g/mol. The van der Waals surface area contributed by atoms with E-state index in [1.54, 1.807) is 0 Å². The molecule has 3 unspecified atom stereocenters. The van der Waals surface area contributed by atoms with E-state index in [2.05, 4.69) is 36.4 Å². The van der Waals surface area contributed by atoms with Crippen molar-refractivity contribution < 1.29 is 4.79 Å². The maximum absolute atomic E-state index is 11.7. The van der Waals surface area contributed by atoms with E-state index in [0.717, 1.165) is 19.3 Å². The van der Waals surface area contributed by atoms with Gasteiger partial charge in [-0.25, -0.2) is 0 Å². The molecule has 108 valence electrons. The molecule has 2 heteroatoms. The molecule has 3 aliphatic rings. The lowest BCUT2D eigenvalue weighted by Crippen LogP contribution is -2.34. The van der Waals surface area contributed by atoms with Gasteiger partial charge in [0.25, 0.3) is 0 Å². The van der Waals surface area contributed by atoms with Gasteiger partial charge in [-0.2, -0.15) is 0 Å². The predicted octanol–water partition coefficient (Wildman–Crippen LogP) is 3.47. The molecule has 4 rings (SSSR count). The molecule has 1 fully saturated rings. The Bertz CT molecular complexity index is 655. The summed E-state index contributed by atoms with van der Waals surface area (Å²) in [5, 5.41) is 0. The Balaban J connectivity index is 1.76.